The zero-order valence-corrected chi connectivity index (χ0v) is 15.6. The molecule has 0 saturated heterocycles. The first-order valence-corrected chi connectivity index (χ1v) is 9.94. The van der Waals surface area contributed by atoms with E-state index in [9.17, 15) is 18.5 Å². The summed E-state index contributed by atoms with van der Waals surface area (Å²) in [5.41, 5.74) is 1.28. The van der Waals surface area contributed by atoms with Crippen molar-refractivity contribution in [3.8, 4) is 0 Å². The number of nitrogens with zero attached hydrogens (tertiary/aromatic N) is 1. The van der Waals surface area contributed by atoms with E-state index in [1.807, 2.05) is 6.07 Å². The normalized spacial score (nSPS) is 11.8. The van der Waals surface area contributed by atoms with Crippen molar-refractivity contribution in [3.63, 3.8) is 0 Å². The molecule has 3 aromatic carbocycles. The summed E-state index contributed by atoms with van der Waals surface area (Å²) in [4.78, 5) is 10.4. The fourth-order valence-corrected chi connectivity index (χ4v) is 3.64. The highest BCUT2D eigenvalue weighted by Crippen LogP contribution is 2.23. The molecule has 0 unspecified atom stereocenters. The van der Waals surface area contributed by atoms with Crippen LogP contribution in [0.15, 0.2) is 95.2 Å². The third kappa shape index (κ3) is 4.83. The molecule has 28 heavy (non-hydrogen) atoms. The van der Waals surface area contributed by atoms with Crippen LogP contribution in [0.2, 0.25) is 0 Å². The summed E-state index contributed by atoms with van der Waals surface area (Å²) in [5.74, 6) is 0.197. The lowest BCUT2D eigenvalue weighted by Gasteiger charge is -2.11. The standard InChI is InChI=1S/C21H17NO5S/c23-22(24)19-13-11-17(12-14-19)15-27-21(18-7-3-1-4-8-18)16-28(25,26)20-9-5-2-6-10-20/h1-14,16H,15H2/b21-16-. The lowest BCUT2D eigenvalue weighted by atomic mass is 10.2. The van der Waals surface area contributed by atoms with E-state index in [1.165, 1.54) is 24.3 Å². The van der Waals surface area contributed by atoms with E-state index < -0.39 is 14.8 Å². The Hall–Kier alpha value is -3.45. The molecule has 0 saturated carbocycles. The van der Waals surface area contributed by atoms with E-state index in [1.54, 1.807) is 54.6 Å². The van der Waals surface area contributed by atoms with Gasteiger partial charge in [-0.3, -0.25) is 10.1 Å². The highest BCUT2D eigenvalue weighted by Gasteiger charge is 2.15. The molecule has 0 atom stereocenters. The third-order valence-electron chi connectivity index (χ3n) is 3.93. The number of rotatable bonds is 7. The van der Waals surface area contributed by atoms with Gasteiger partial charge in [0.15, 0.2) is 0 Å². The zero-order valence-electron chi connectivity index (χ0n) is 14.8. The van der Waals surface area contributed by atoms with Gasteiger partial charge >= 0.3 is 0 Å². The van der Waals surface area contributed by atoms with Crippen molar-refractivity contribution in [1.82, 2.24) is 0 Å². The van der Waals surface area contributed by atoms with Crippen LogP contribution in [0.1, 0.15) is 11.1 Å². The minimum Gasteiger partial charge on any atom is -0.488 e. The molecule has 0 aliphatic heterocycles. The van der Waals surface area contributed by atoms with Gasteiger partial charge in [0.1, 0.15) is 12.4 Å². The molecular formula is C21H17NO5S. The molecule has 6 nitrogen and oxygen atoms in total. The predicted octanol–water partition coefficient (Wildman–Crippen LogP) is 4.58. The van der Waals surface area contributed by atoms with E-state index >= 15 is 0 Å². The smallest absolute Gasteiger partial charge is 0.269 e. The topological polar surface area (TPSA) is 86.5 Å². The Morgan fingerprint density at radius 2 is 1.46 bits per heavy atom. The number of nitro benzene ring substituents is 1. The van der Waals surface area contributed by atoms with Gasteiger partial charge in [-0.25, -0.2) is 8.42 Å². The predicted molar refractivity (Wildman–Crippen MR) is 106 cm³/mol. The van der Waals surface area contributed by atoms with Crippen molar-refractivity contribution < 1.29 is 18.1 Å². The van der Waals surface area contributed by atoms with Gasteiger partial charge in [0.2, 0.25) is 9.84 Å². The maximum Gasteiger partial charge on any atom is 0.269 e. The Labute approximate surface area is 162 Å². The lowest BCUT2D eigenvalue weighted by Crippen LogP contribution is -2.01. The summed E-state index contributed by atoms with van der Waals surface area (Å²) in [5, 5.41) is 11.9. The lowest BCUT2D eigenvalue weighted by molar-refractivity contribution is -0.384. The summed E-state index contributed by atoms with van der Waals surface area (Å²) in [7, 11) is -3.71. The summed E-state index contributed by atoms with van der Waals surface area (Å²) >= 11 is 0. The molecule has 142 valence electrons. The maximum absolute atomic E-state index is 12.7. The molecule has 3 rings (SSSR count). The highest BCUT2D eigenvalue weighted by molar-refractivity contribution is 7.94. The number of sulfone groups is 1. The Bertz CT molecular complexity index is 1080. The first-order valence-electron chi connectivity index (χ1n) is 8.39. The second kappa shape index (κ2) is 8.49. The highest BCUT2D eigenvalue weighted by atomic mass is 32.2. The van der Waals surface area contributed by atoms with Crippen LogP contribution >= 0.6 is 0 Å². The summed E-state index contributed by atoms with van der Waals surface area (Å²) < 4.78 is 31.2. The van der Waals surface area contributed by atoms with Gasteiger partial charge < -0.3 is 4.74 Å². The number of non-ortho nitro benzene ring substituents is 1. The van der Waals surface area contributed by atoms with Gasteiger partial charge in [-0.05, 0) is 29.8 Å². The molecule has 0 aliphatic carbocycles. The molecular weight excluding hydrogens is 378 g/mol. The average molecular weight is 395 g/mol. The molecule has 0 fully saturated rings. The summed E-state index contributed by atoms with van der Waals surface area (Å²) in [6, 6.07) is 22.9. The molecule has 0 radical (unpaired) electrons. The van der Waals surface area contributed by atoms with E-state index in [4.69, 9.17) is 4.74 Å². The molecule has 3 aromatic rings. The van der Waals surface area contributed by atoms with Gasteiger partial charge in [-0.15, -0.1) is 0 Å². The van der Waals surface area contributed by atoms with Crippen molar-refractivity contribution in [1.29, 1.82) is 0 Å². The van der Waals surface area contributed by atoms with Crippen LogP contribution < -0.4 is 0 Å². The third-order valence-corrected chi connectivity index (χ3v) is 5.39. The minimum absolute atomic E-state index is 0.0192. The van der Waals surface area contributed by atoms with E-state index in [0.717, 1.165) is 5.41 Å². The molecule has 0 N–H and O–H groups in total. The van der Waals surface area contributed by atoms with Gasteiger partial charge in [0, 0.05) is 17.7 Å². The number of nitro groups is 1. The fourth-order valence-electron chi connectivity index (χ4n) is 2.48. The molecule has 0 bridgehead atoms. The molecule has 0 amide bonds. The summed E-state index contributed by atoms with van der Waals surface area (Å²) in [6.07, 6.45) is 0. The largest absolute Gasteiger partial charge is 0.488 e. The van der Waals surface area contributed by atoms with Crippen LogP contribution in [0.3, 0.4) is 0 Å². The van der Waals surface area contributed by atoms with Gasteiger partial charge in [-0.1, -0.05) is 48.5 Å². The quantitative estimate of drug-likeness (QED) is 0.332. The maximum atomic E-state index is 12.7. The zero-order chi connectivity index (χ0) is 20.0. The SMILES string of the molecule is O=[N+]([O-])c1ccc(CO/C(=C\S(=O)(=O)c2ccccc2)c2ccccc2)cc1. The molecule has 0 spiro atoms. The Morgan fingerprint density at radius 3 is 2.04 bits per heavy atom. The Kier molecular flexibility index (Phi) is 5.86. The second-order valence-electron chi connectivity index (χ2n) is 5.92. The van der Waals surface area contributed by atoms with E-state index in [2.05, 4.69) is 0 Å². The van der Waals surface area contributed by atoms with E-state index in [0.29, 0.717) is 11.1 Å². The van der Waals surface area contributed by atoms with Gasteiger partial charge in [0.25, 0.3) is 5.69 Å². The summed E-state index contributed by atoms with van der Waals surface area (Å²) in [6.45, 7) is 0.0725. The minimum atomic E-state index is -3.71. The number of hydrogen-bond acceptors (Lipinski definition) is 5. The molecule has 0 aromatic heterocycles. The van der Waals surface area contributed by atoms with Crippen molar-refractivity contribution in [2.45, 2.75) is 11.5 Å². The molecule has 0 heterocycles. The first kappa shape index (κ1) is 19.3. The Balaban J connectivity index is 1.89. The van der Waals surface area contributed by atoms with Crippen LogP contribution in [0.25, 0.3) is 5.76 Å². The van der Waals surface area contributed by atoms with Crippen LogP contribution in [0.4, 0.5) is 5.69 Å². The number of ether oxygens (including phenoxy) is 1. The van der Waals surface area contributed by atoms with Crippen LogP contribution in [-0.2, 0) is 21.2 Å². The fraction of sp³-hybridized carbons (Fsp3) is 0.0476. The monoisotopic (exact) mass is 395 g/mol. The number of hydrogen-bond donors (Lipinski definition) is 0. The van der Waals surface area contributed by atoms with Crippen LogP contribution in [-0.4, -0.2) is 13.3 Å². The van der Waals surface area contributed by atoms with Crippen molar-refractivity contribution in [3.05, 3.63) is 112 Å². The Morgan fingerprint density at radius 1 is 0.893 bits per heavy atom. The molecule has 0 aliphatic rings. The second-order valence-corrected chi connectivity index (χ2v) is 7.72. The number of benzene rings is 3. The van der Waals surface area contributed by atoms with Gasteiger partial charge in [0.05, 0.1) is 15.2 Å². The van der Waals surface area contributed by atoms with Crippen molar-refractivity contribution in [2.75, 3.05) is 0 Å². The van der Waals surface area contributed by atoms with Crippen molar-refractivity contribution in [2.24, 2.45) is 0 Å². The van der Waals surface area contributed by atoms with Crippen molar-refractivity contribution >= 4 is 21.3 Å². The van der Waals surface area contributed by atoms with Crippen LogP contribution in [0.5, 0.6) is 0 Å². The average Bonchev–Trinajstić information content (AvgIpc) is 2.72. The molecule has 7 heteroatoms. The first-order chi connectivity index (χ1) is 13.5. The van der Waals surface area contributed by atoms with E-state index in [-0.39, 0.29) is 22.9 Å². The van der Waals surface area contributed by atoms with Crippen LogP contribution in [0, 0.1) is 10.1 Å². The van der Waals surface area contributed by atoms with Gasteiger partial charge in [-0.2, -0.15) is 0 Å².